The van der Waals surface area contributed by atoms with Gasteiger partial charge in [-0.05, 0) is 0 Å². The summed E-state index contributed by atoms with van der Waals surface area (Å²) in [6.07, 6.45) is 0. The molecule has 0 atom stereocenters. The van der Waals surface area contributed by atoms with Gasteiger partial charge in [-0.1, -0.05) is 0 Å². The summed E-state index contributed by atoms with van der Waals surface area (Å²) in [4.78, 5) is 18.0. The fourth-order valence-corrected chi connectivity index (χ4v) is 0. The molecule has 0 aliphatic heterocycles. The van der Waals surface area contributed by atoms with Crippen LogP contribution in [0.25, 0.3) is 0 Å². The molecule has 0 amide bonds. The summed E-state index contributed by atoms with van der Waals surface area (Å²) in [6, 6.07) is 0. The van der Waals surface area contributed by atoms with Crippen molar-refractivity contribution in [3.63, 3.8) is 0 Å². The van der Waals surface area contributed by atoms with Crippen molar-refractivity contribution in [2.24, 2.45) is 0 Å². The van der Waals surface area contributed by atoms with E-state index in [1.807, 2.05) is 0 Å². The predicted octanol–water partition coefficient (Wildman–Crippen LogP) is -0.467. The van der Waals surface area contributed by atoms with Gasteiger partial charge in [-0.3, -0.25) is 9.59 Å². The molecule has 0 aromatic rings. The molecule has 9 heavy (non-hydrogen) atoms. The Morgan fingerprint density at radius 3 is 1.00 bits per heavy atom. The first kappa shape index (κ1) is 15.8. The van der Waals surface area contributed by atoms with Crippen molar-refractivity contribution in [1.82, 2.24) is 0 Å². The quantitative estimate of drug-likeness (QED) is 0.432. The number of rotatable bonds is 0. The summed E-state index contributed by atoms with van der Waals surface area (Å²) in [5.74, 6) is -1.67. The van der Waals surface area contributed by atoms with Gasteiger partial charge >= 0.3 is 18.9 Å². The number of hydrogen-bond acceptors (Lipinski definition) is 2. The summed E-state index contributed by atoms with van der Waals surface area (Å²) in [5.41, 5.74) is 0. The molecule has 0 fully saturated rings. The standard InChI is InChI=1S/2C2H4O2.Li.H/c2*1-2(3)4;;/h2*1H3,(H,3,4);;. The van der Waals surface area contributed by atoms with E-state index in [0.29, 0.717) is 0 Å². The van der Waals surface area contributed by atoms with Gasteiger partial charge in [0, 0.05) is 13.8 Å². The van der Waals surface area contributed by atoms with E-state index in [4.69, 9.17) is 19.8 Å². The zero-order valence-electron chi connectivity index (χ0n) is 4.71. The van der Waals surface area contributed by atoms with E-state index in [9.17, 15) is 0 Å². The Hall–Kier alpha value is -0.463. The SMILES string of the molecule is CC(=O)O.CC(=O)O.[LiH]. The van der Waals surface area contributed by atoms with Crippen molar-refractivity contribution in [1.29, 1.82) is 0 Å². The summed E-state index contributed by atoms with van der Waals surface area (Å²) in [5, 5.41) is 14.8. The van der Waals surface area contributed by atoms with E-state index in [0.717, 1.165) is 13.8 Å². The van der Waals surface area contributed by atoms with E-state index in [1.54, 1.807) is 0 Å². The van der Waals surface area contributed by atoms with Gasteiger partial charge < -0.3 is 10.2 Å². The molecule has 0 aromatic carbocycles. The van der Waals surface area contributed by atoms with Crippen LogP contribution in [0, 0.1) is 0 Å². The van der Waals surface area contributed by atoms with E-state index in [1.165, 1.54) is 0 Å². The minimum absolute atomic E-state index is 0. The van der Waals surface area contributed by atoms with Crippen LogP contribution >= 0.6 is 0 Å². The van der Waals surface area contributed by atoms with Crippen LogP contribution in [0.5, 0.6) is 0 Å². The molecule has 0 rings (SSSR count). The third kappa shape index (κ3) is 1080. The van der Waals surface area contributed by atoms with Crippen molar-refractivity contribution in [2.45, 2.75) is 13.8 Å². The molecule has 0 radical (unpaired) electrons. The van der Waals surface area contributed by atoms with Gasteiger partial charge in [0.25, 0.3) is 11.9 Å². The van der Waals surface area contributed by atoms with Crippen LogP contribution in [0.4, 0.5) is 0 Å². The second-order valence-corrected chi connectivity index (χ2v) is 1.04. The zero-order valence-corrected chi connectivity index (χ0v) is 4.71. The predicted molar refractivity (Wildman–Crippen MR) is 33.8 cm³/mol. The molecule has 0 bridgehead atoms. The molecular weight excluding hydrogens is 119 g/mol. The normalized spacial score (nSPS) is 5.56. The van der Waals surface area contributed by atoms with Crippen LogP contribution in [0.1, 0.15) is 13.8 Å². The minimum atomic E-state index is -0.833. The second kappa shape index (κ2) is 10.5. The fourth-order valence-electron chi connectivity index (χ4n) is 0. The van der Waals surface area contributed by atoms with E-state index >= 15 is 0 Å². The van der Waals surface area contributed by atoms with Gasteiger partial charge in [0.1, 0.15) is 0 Å². The van der Waals surface area contributed by atoms with Crippen LogP contribution in [0.15, 0.2) is 0 Å². The fraction of sp³-hybridized carbons (Fsp3) is 0.500. The van der Waals surface area contributed by atoms with Crippen molar-refractivity contribution in [2.75, 3.05) is 0 Å². The number of aliphatic carboxylic acids is 2. The van der Waals surface area contributed by atoms with E-state index in [-0.39, 0.29) is 18.9 Å². The number of hydrogen-bond donors (Lipinski definition) is 2. The molecule has 0 saturated carbocycles. The van der Waals surface area contributed by atoms with Crippen LogP contribution in [-0.4, -0.2) is 41.0 Å². The van der Waals surface area contributed by atoms with Crippen molar-refractivity contribution in [3.8, 4) is 0 Å². The molecule has 0 saturated heterocycles. The molecule has 50 valence electrons. The number of carbonyl (C=O) groups is 2. The van der Waals surface area contributed by atoms with Gasteiger partial charge in [-0.15, -0.1) is 0 Å². The third-order valence-electron chi connectivity index (χ3n) is 0. The summed E-state index contributed by atoms with van der Waals surface area (Å²) in [7, 11) is 0. The average molecular weight is 128 g/mol. The molecule has 5 heteroatoms. The molecule has 0 unspecified atom stereocenters. The van der Waals surface area contributed by atoms with Gasteiger partial charge in [-0.25, -0.2) is 0 Å². The van der Waals surface area contributed by atoms with E-state index < -0.39 is 11.9 Å². The topological polar surface area (TPSA) is 74.6 Å². The molecule has 0 heterocycles. The Labute approximate surface area is 65.0 Å². The van der Waals surface area contributed by atoms with Crippen LogP contribution in [0.2, 0.25) is 0 Å². The van der Waals surface area contributed by atoms with Crippen molar-refractivity contribution >= 4 is 30.8 Å². The van der Waals surface area contributed by atoms with E-state index in [2.05, 4.69) is 0 Å². The summed E-state index contributed by atoms with van der Waals surface area (Å²) in [6.45, 7) is 2.17. The zero-order chi connectivity index (χ0) is 7.15. The first-order chi connectivity index (χ1) is 3.46. The van der Waals surface area contributed by atoms with Crippen molar-refractivity contribution in [3.05, 3.63) is 0 Å². The molecular formula is C4H9LiO4. The van der Waals surface area contributed by atoms with Crippen LogP contribution < -0.4 is 0 Å². The van der Waals surface area contributed by atoms with Gasteiger partial charge in [0.05, 0.1) is 0 Å². The summed E-state index contributed by atoms with van der Waals surface area (Å²) >= 11 is 0. The maximum atomic E-state index is 9.00. The second-order valence-electron chi connectivity index (χ2n) is 1.04. The van der Waals surface area contributed by atoms with Crippen LogP contribution in [0.3, 0.4) is 0 Å². The first-order valence-electron chi connectivity index (χ1n) is 1.86. The van der Waals surface area contributed by atoms with Gasteiger partial charge in [0.15, 0.2) is 0 Å². The van der Waals surface area contributed by atoms with Crippen LogP contribution in [-0.2, 0) is 9.59 Å². The molecule has 0 spiro atoms. The Morgan fingerprint density at radius 2 is 1.00 bits per heavy atom. The Bertz CT molecular complexity index is 70.6. The maximum absolute atomic E-state index is 9.00. The monoisotopic (exact) mass is 128 g/mol. The molecule has 4 nitrogen and oxygen atoms in total. The Morgan fingerprint density at radius 1 is 1.00 bits per heavy atom. The third-order valence-corrected chi connectivity index (χ3v) is 0. The average Bonchev–Trinajstić information content (AvgIpc) is 1.25. The Balaban J connectivity index is -0.0000000720. The molecule has 2 N–H and O–H groups in total. The number of carboxylic acid groups (broad SMARTS) is 2. The van der Waals surface area contributed by atoms with Gasteiger partial charge in [0.2, 0.25) is 0 Å². The first-order valence-corrected chi connectivity index (χ1v) is 1.86. The molecule has 0 aliphatic carbocycles. The summed E-state index contributed by atoms with van der Waals surface area (Å²) < 4.78 is 0. The Kier molecular flexibility index (Phi) is 18.5. The molecule has 0 aromatic heterocycles. The van der Waals surface area contributed by atoms with Gasteiger partial charge in [-0.2, -0.15) is 0 Å². The number of carboxylic acids is 2. The van der Waals surface area contributed by atoms with Crippen molar-refractivity contribution < 1.29 is 19.8 Å². The molecule has 0 aliphatic rings.